The van der Waals surface area contributed by atoms with Gasteiger partial charge in [0.05, 0.1) is 31.6 Å². The summed E-state index contributed by atoms with van der Waals surface area (Å²) < 4.78 is 10.4. The van der Waals surface area contributed by atoms with E-state index in [-0.39, 0.29) is 5.91 Å². The van der Waals surface area contributed by atoms with Crippen molar-refractivity contribution in [3.63, 3.8) is 0 Å². The first kappa shape index (κ1) is 18.7. The Morgan fingerprint density at radius 2 is 1.92 bits per heavy atom. The molecule has 0 atom stereocenters. The van der Waals surface area contributed by atoms with Crippen molar-refractivity contribution in [2.24, 2.45) is 0 Å². The molecule has 0 aliphatic carbocycles. The molecule has 1 N–H and O–H groups in total. The van der Waals surface area contributed by atoms with Crippen molar-refractivity contribution >= 4 is 17.7 Å². The van der Waals surface area contributed by atoms with Gasteiger partial charge in [-0.1, -0.05) is 24.3 Å². The number of thioether (sulfide) groups is 1. The van der Waals surface area contributed by atoms with E-state index >= 15 is 0 Å². The van der Waals surface area contributed by atoms with Gasteiger partial charge in [0.2, 0.25) is 5.91 Å². The molecule has 2 rings (SSSR count). The van der Waals surface area contributed by atoms with Gasteiger partial charge in [0.25, 0.3) is 0 Å². The molecule has 0 saturated heterocycles. The molecule has 1 amide bonds. The van der Waals surface area contributed by atoms with Crippen molar-refractivity contribution < 1.29 is 14.3 Å². The molecular formula is C19H20N2O3S. The summed E-state index contributed by atoms with van der Waals surface area (Å²) >= 11 is 1.49. The number of ether oxygens (including phenoxy) is 2. The molecule has 5 nitrogen and oxygen atoms in total. The van der Waals surface area contributed by atoms with E-state index in [9.17, 15) is 4.79 Å². The Bertz CT molecular complexity index is 772. The third kappa shape index (κ3) is 5.44. The maximum atomic E-state index is 12.0. The zero-order valence-corrected chi connectivity index (χ0v) is 15.1. The lowest BCUT2D eigenvalue weighted by Gasteiger charge is -2.10. The summed E-state index contributed by atoms with van der Waals surface area (Å²) in [7, 11) is 3.16. The van der Waals surface area contributed by atoms with E-state index in [0.717, 1.165) is 11.1 Å². The number of nitriles is 1. The van der Waals surface area contributed by atoms with Crippen LogP contribution in [0.2, 0.25) is 0 Å². The second-order valence-corrected chi connectivity index (χ2v) is 6.21. The summed E-state index contributed by atoms with van der Waals surface area (Å²) in [5.41, 5.74) is 2.54. The van der Waals surface area contributed by atoms with Crippen LogP contribution in [-0.2, 0) is 17.1 Å². The van der Waals surface area contributed by atoms with Gasteiger partial charge in [-0.25, -0.2) is 0 Å². The fourth-order valence-corrected chi connectivity index (χ4v) is 3.11. The molecule has 0 bridgehead atoms. The minimum atomic E-state index is -0.0470. The van der Waals surface area contributed by atoms with Crippen molar-refractivity contribution in [3.8, 4) is 17.6 Å². The maximum absolute atomic E-state index is 12.0. The molecule has 6 heteroatoms. The highest BCUT2D eigenvalue weighted by Crippen LogP contribution is 2.27. The van der Waals surface area contributed by atoms with Gasteiger partial charge in [-0.05, 0) is 29.3 Å². The van der Waals surface area contributed by atoms with Gasteiger partial charge in [-0.15, -0.1) is 11.8 Å². The molecule has 2 aromatic carbocycles. The van der Waals surface area contributed by atoms with Crippen LogP contribution in [0.1, 0.15) is 16.7 Å². The number of nitrogens with zero attached hydrogens (tertiary/aromatic N) is 1. The first-order valence-electron chi connectivity index (χ1n) is 7.71. The number of carbonyl (C=O) groups excluding carboxylic acids is 1. The van der Waals surface area contributed by atoms with E-state index in [4.69, 9.17) is 14.7 Å². The maximum Gasteiger partial charge on any atom is 0.230 e. The summed E-state index contributed by atoms with van der Waals surface area (Å²) in [5, 5.41) is 11.9. The zero-order valence-electron chi connectivity index (χ0n) is 14.2. The van der Waals surface area contributed by atoms with Crippen LogP contribution in [0.4, 0.5) is 0 Å². The lowest BCUT2D eigenvalue weighted by atomic mass is 10.1. The highest BCUT2D eigenvalue weighted by atomic mass is 32.2. The Kier molecular flexibility index (Phi) is 7.17. The fourth-order valence-electron chi connectivity index (χ4n) is 2.25. The quantitative estimate of drug-likeness (QED) is 0.787. The number of amides is 1. The van der Waals surface area contributed by atoms with E-state index in [1.54, 1.807) is 20.3 Å². The van der Waals surface area contributed by atoms with Crippen molar-refractivity contribution in [1.82, 2.24) is 5.32 Å². The number of methoxy groups -OCH3 is 2. The zero-order chi connectivity index (χ0) is 18.1. The summed E-state index contributed by atoms with van der Waals surface area (Å²) in [4.78, 5) is 12.0. The van der Waals surface area contributed by atoms with Crippen LogP contribution in [-0.4, -0.2) is 25.9 Å². The molecule has 0 spiro atoms. The predicted octanol–water partition coefficient (Wildman–Crippen LogP) is 3.13. The number of hydrogen-bond acceptors (Lipinski definition) is 5. The topological polar surface area (TPSA) is 71.3 Å². The Morgan fingerprint density at radius 3 is 2.64 bits per heavy atom. The van der Waals surface area contributed by atoms with Crippen LogP contribution in [0.15, 0.2) is 42.5 Å². The van der Waals surface area contributed by atoms with Gasteiger partial charge in [0.1, 0.15) is 0 Å². The standard InChI is InChI=1S/C19H20N2O3S/c1-23-17-8-7-14(9-18(17)24-2)11-21-19(22)13-25-12-16-6-4-3-5-15(16)10-20/h3-9H,11-13H2,1-2H3,(H,21,22). The Balaban J connectivity index is 1.80. The van der Waals surface area contributed by atoms with Crippen LogP contribution in [0.25, 0.3) is 0 Å². The van der Waals surface area contributed by atoms with E-state index in [0.29, 0.717) is 35.1 Å². The molecule has 0 heterocycles. The van der Waals surface area contributed by atoms with Crippen molar-refractivity contribution in [1.29, 1.82) is 5.26 Å². The third-order valence-electron chi connectivity index (χ3n) is 3.57. The molecule has 0 radical (unpaired) electrons. The van der Waals surface area contributed by atoms with Crippen molar-refractivity contribution in [2.45, 2.75) is 12.3 Å². The lowest BCUT2D eigenvalue weighted by Crippen LogP contribution is -2.24. The largest absolute Gasteiger partial charge is 0.493 e. The first-order valence-corrected chi connectivity index (χ1v) is 8.86. The number of nitrogens with one attached hydrogen (secondary N) is 1. The van der Waals surface area contributed by atoms with E-state index in [1.165, 1.54) is 11.8 Å². The number of hydrogen-bond donors (Lipinski definition) is 1. The van der Waals surface area contributed by atoms with Crippen molar-refractivity contribution in [2.75, 3.05) is 20.0 Å². The summed E-state index contributed by atoms with van der Waals surface area (Å²) in [6.45, 7) is 0.425. The van der Waals surface area contributed by atoms with Crippen LogP contribution in [0, 0.1) is 11.3 Å². The smallest absolute Gasteiger partial charge is 0.230 e. The highest BCUT2D eigenvalue weighted by Gasteiger charge is 2.07. The molecule has 0 aliphatic rings. The van der Waals surface area contributed by atoms with Crippen LogP contribution in [0.5, 0.6) is 11.5 Å². The lowest BCUT2D eigenvalue weighted by molar-refractivity contribution is -0.118. The minimum Gasteiger partial charge on any atom is -0.493 e. The second-order valence-electron chi connectivity index (χ2n) is 5.23. The predicted molar refractivity (Wildman–Crippen MR) is 98.7 cm³/mol. The fraction of sp³-hybridized carbons (Fsp3) is 0.263. The average Bonchev–Trinajstić information content (AvgIpc) is 2.66. The van der Waals surface area contributed by atoms with E-state index in [2.05, 4.69) is 11.4 Å². The van der Waals surface area contributed by atoms with Gasteiger partial charge < -0.3 is 14.8 Å². The van der Waals surface area contributed by atoms with Gasteiger partial charge in [0, 0.05) is 12.3 Å². The monoisotopic (exact) mass is 356 g/mol. The molecule has 2 aromatic rings. The summed E-state index contributed by atoms with van der Waals surface area (Å²) in [6.07, 6.45) is 0. The molecule has 0 aliphatic heterocycles. The van der Waals surface area contributed by atoms with E-state index < -0.39 is 0 Å². The normalized spacial score (nSPS) is 9.96. The third-order valence-corrected chi connectivity index (χ3v) is 4.55. The van der Waals surface area contributed by atoms with Crippen LogP contribution < -0.4 is 14.8 Å². The molecule has 0 aromatic heterocycles. The average molecular weight is 356 g/mol. The second kappa shape index (κ2) is 9.60. The minimum absolute atomic E-state index is 0.0470. The van der Waals surface area contributed by atoms with Gasteiger partial charge in [0.15, 0.2) is 11.5 Å². The molecule has 0 fully saturated rings. The van der Waals surface area contributed by atoms with Gasteiger partial charge in [-0.3, -0.25) is 4.79 Å². The Morgan fingerprint density at radius 1 is 1.16 bits per heavy atom. The Hall–Kier alpha value is -2.65. The van der Waals surface area contributed by atoms with Gasteiger partial charge >= 0.3 is 0 Å². The number of carbonyl (C=O) groups is 1. The number of benzene rings is 2. The Labute approximate surface area is 151 Å². The number of rotatable bonds is 8. The highest BCUT2D eigenvalue weighted by molar-refractivity contribution is 7.99. The summed E-state index contributed by atoms with van der Waals surface area (Å²) in [5.74, 6) is 2.22. The molecular weight excluding hydrogens is 336 g/mol. The molecule has 0 unspecified atom stereocenters. The molecule has 0 saturated carbocycles. The van der Waals surface area contributed by atoms with Crippen LogP contribution >= 0.6 is 11.8 Å². The SMILES string of the molecule is COc1ccc(CNC(=O)CSCc2ccccc2C#N)cc1OC. The first-order chi connectivity index (χ1) is 12.2. The van der Waals surface area contributed by atoms with Gasteiger partial charge in [-0.2, -0.15) is 5.26 Å². The summed E-state index contributed by atoms with van der Waals surface area (Å²) in [6, 6.07) is 15.1. The van der Waals surface area contributed by atoms with Crippen molar-refractivity contribution in [3.05, 3.63) is 59.2 Å². The van der Waals surface area contributed by atoms with Crippen LogP contribution in [0.3, 0.4) is 0 Å². The molecule has 130 valence electrons. The van der Waals surface area contributed by atoms with E-state index in [1.807, 2.05) is 36.4 Å². The molecule has 25 heavy (non-hydrogen) atoms.